The van der Waals surface area contributed by atoms with Crippen LogP contribution in [0.15, 0.2) is 31.0 Å². The quantitative estimate of drug-likeness (QED) is 0.481. The first kappa shape index (κ1) is 14.2. The summed E-state index contributed by atoms with van der Waals surface area (Å²) >= 11 is 0. The summed E-state index contributed by atoms with van der Waals surface area (Å²) in [6.07, 6.45) is 9.28. The van der Waals surface area contributed by atoms with Gasteiger partial charge in [0, 0.05) is 24.6 Å². The van der Waals surface area contributed by atoms with Crippen molar-refractivity contribution >= 4 is 6.08 Å². The third-order valence-corrected chi connectivity index (χ3v) is 2.44. The lowest BCUT2D eigenvalue weighted by molar-refractivity contribution is -0.699. The molecule has 0 aliphatic carbocycles. The van der Waals surface area contributed by atoms with Crippen LogP contribution in [-0.4, -0.2) is 0 Å². The Labute approximate surface area is 99.2 Å². The van der Waals surface area contributed by atoms with Crippen molar-refractivity contribution in [2.24, 2.45) is 0 Å². The van der Waals surface area contributed by atoms with Gasteiger partial charge in [0.25, 0.3) is 0 Å². The number of aryl methyl sites for hydroxylation is 1. The van der Waals surface area contributed by atoms with Crippen molar-refractivity contribution in [1.29, 1.82) is 0 Å². The van der Waals surface area contributed by atoms with E-state index in [2.05, 4.69) is 42.5 Å². The fraction of sp³-hybridized carbons (Fsp3) is 0.462. The minimum Gasteiger partial charge on any atom is -1.00 e. The SMILES string of the molecule is C=Cc1cccc[n+]1CCCCCC.[Cl-]. The van der Waals surface area contributed by atoms with Crippen molar-refractivity contribution in [2.75, 3.05) is 0 Å². The zero-order valence-corrected chi connectivity index (χ0v) is 10.2. The maximum absolute atomic E-state index is 3.82. The Morgan fingerprint density at radius 2 is 2.07 bits per heavy atom. The van der Waals surface area contributed by atoms with Crippen molar-refractivity contribution in [2.45, 2.75) is 39.2 Å². The number of hydrogen-bond acceptors (Lipinski definition) is 0. The molecule has 2 heteroatoms. The van der Waals surface area contributed by atoms with Gasteiger partial charge in [-0.3, -0.25) is 0 Å². The molecule has 0 aromatic carbocycles. The average molecular weight is 226 g/mol. The lowest BCUT2D eigenvalue weighted by atomic mass is 10.2. The molecule has 1 rings (SSSR count). The van der Waals surface area contributed by atoms with Gasteiger partial charge in [-0.25, -0.2) is 0 Å². The summed E-state index contributed by atoms with van der Waals surface area (Å²) in [6, 6.07) is 6.24. The van der Waals surface area contributed by atoms with Crippen LogP contribution in [0.25, 0.3) is 6.08 Å². The van der Waals surface area contributed by atoms with E-state index >= 15 is 0 Å². The molecular weight excluding hydrogens is 206 g/mol. The van der Waals surface area contributed by atoms with Crippen LogP contribution in [0.1, 0.15) is 38.3 Å². The van der Waals surface area contributed by atoms with Gasteiger partial charge in [-0.2, -0.15) is 4.57 Å². The minimum atomic E-state index is 0. The van der Waals surface area contributed by atoms with Gasteiger partial charge < -0.3 is 12.4 Å². The van der Waals surface area contributed by atoms with Crippen LogP contribution < -0.4 is 17.0 Å². The van der Waals surface area contributed by atoms with Crippen LogP contribution >= 0.6 is 0 Å². The van der Waals surface area contributed by atoms with E-state index in [-0.39, 0.29) is 12.4 Å². The Morgan fingerprint density at radius 1 is 1.27 bits per heavy atom. The van der Waals surface area contributed by atoms with Gasteiger partial charge in [0.2, 0.25) is 5.69 Å². The smallest absolute Gasteiger partial charge is 0.204 e. The maximum Gasteiger partial charge on any atom is 0.204 e. The van der Waals surface area contributed by atoms with E-state index < -0.39 is 0 Å². The zero-order chi connectivity index (χ0) is 10.2. The molecule has 0 aliphatic heterocycles. The number of aromatic nitrogens is 1. The highest BCUT2D eigenvalue weighted by molar-refractivity contribution is 5.36. The molecule has 1 heterocycles. The van der Waals surface area contributed by atoms with E-state index in [9.17, 15) is 0 Å². The van der Waals surface area contributed by atoms with Crippen LogP contribution in [0.2, 0.25) is 0 Å². The number of unbranched alkanes of at least 4 members (excludes halogenated alkanes) is 3. The monoisotopic (exact) mass is 225 g/mol. The second-order valence-electron chi connectivity index (χ2n) is 3.58. The predicted octanol–water partition coefficient (Wildman–Crippen LogP) is 0.201. The first-order chi connectivity index (χ1) is 6.88. The van der Waals surface area contributed by atoms with Crippen molar-refractivity contribution in [1.82, 2.24) is 0 Å². The third kappa shape index (κ3) is 4.98. The Morgan fingerprint density at radius 3 is 2.73 bits per heavy atom. The fourth-order valence-electron chi connectivity index (χ4n) is 1.59. The highest BCUT2D eigenvalue weighted by Gasteiger charge is 2.04. The molecule has 1 aromatic heterocycles. The molecule has 0 aliphatic rings. The van der Waals surface area contributed by atoms with Crippen LogP contribution in [0.4, 0.5) is 0 Å². The van der Waals surface area contributed by atoms with Crippen molar-refractivity contribution in [3.05, 3.63) is 36.7 Å². The van der Waals surface area contributed by atoms with E-state index in [1.165, 1.54) is 31.4 Å². The molecule has 0 unspecified atom stereocenters. The second kappa shape index (κ2) is 8.49. The Kier molecular flexibility index (Phi) is 8.02. The van der Waals surface area contributed by atoms with Gasteiger partial charge in [0.05, 0.1) is 0 Å². The Bertz CT molecular complexity index is 284. The van der Waals surface area contributed by atoms with Crippen molar-refractivity contribution in [3.8, 4) is 0 Å². The second-order valence-corrected chi connectivity index (χ2v) is 3.58. The number of rotatable bonds is 6. The molecule has 0 saturated heterocycles. The minimum absolute atomic E-state index is 0. The summed E-state index contributed by atoms with van der Waals surface area (Å²) in [5, 5.41) is 0. The summed E-state index contributed by atoms with van der Waals surface area (Å²) < 4.78 is 2.27. The highest BCUT2D eigenvalue weighted by atomic mass is 35.5. The molecule has 1 aromatic rings. The van der Waals surface area contributed by atoms with Crippen LogP contribution in [0.3, 0.4) is 0 Å². The fourth-order valence-corrected chi connectivity index (χ4v) is 1.59. The van der Waals surface area contributed by atoms with Crippen LogP contribution in [0, 0.1) is 0 Å². The summed E-state index contributed by atoms with van der Waals surface area (Å²) in [6.45, 7) is 7.17. The molecule has 0 atom stereocenters. The summed E-state index contributed by atoms with van der Waals surface area (Å²) in [7, 11) is 0. The standard InChI is InChI=1S/C13H20N.ClH/c1-3-5-6-8-11-14-12-9-7-10-13(14)4-2;/h4,7,9-10,12H,2-3,5-6,8,11H2,1H3;1H/q+1;/p-1. The van der Waals surface area contributed by atoms with Gasteiger partial charge >= 0.3 is 0 Å². The van der Waals surface area contributed by atoms with Gasteiger partial charge in [-0.1, -0.05) is 26.3 Å². The lowest BCUT2D eigenvalue weighted by Gasteiger charge is -1.99. The molecule has 0 amide bonds. The molecular formula is C13H20ClN. The van der Waals surface area contributed by atoms with E-state index in [1.807, 2.05) is 6.08 Å². The lowest BCUT2D eigenvalue weighted by Crippen LogP contribution is -3.00. The molecule has 0 N–H and O–H groups in total. The van der Waals surface area contributed by atoms with Gasteiger partial charge in [0.1, 0.15) is 6.54 Å². The van der Waals surface area contributed by atoms with E-state index in [0.29, 0.717) is 0 Å². The Hall–Kier alpha value is -0.820. The first-order valence-corrected chi connectivity index (χ1v) is 5.49. The molecule has 84 valence electrons. The summed E-state index contributed by atoms with van der Waals surface area (Å²) in [5.41, 5.74) is 1.21. The van der Waals surface area contributed by atoms with E-state index in [1.54, 1.807) is 0 Å². The summed E-state index contributed by atoms with van der Waals surface area (Å²) in [5.74, 6) is 0. The number of nitrogens with zero attached hydrogens (tertiary/aromatic N) is 1. The number of halogens is 1. The van der Waals surface area contributed by atoms with Gasteiger partial charge in [-0.05, 0) is 12.5 Å². The molecule has 15 heavy (non-hydrogen) atoms. The van der Waals surface area contributed by atoms with Crippen LogP contribution in [0.5, 0.6) is 0 Å². The normalized spacial score (nSPS) is 9.40. The first-order valence-electron chi connectivity index (χ1n) is 5.49. The predicted molar refractivity (Wildman–Crippen MR) is 60.9 cm³/mol. The molecule has 0 fully saturated rings. The topological polar surface area (TPSA) is 3.88 Å². The third-order valence-electron chi connectivity index (χ3n) is 2.44. The number of pyridine rings is 1. The number of hydrogen-bond donors (Lipinski definition) is 0. The molecule has 0 radical (unpaired) electrons. The summed E-state index contributed by atoms with van der Waals surface area (Å²) in [4.78, 5) is 0. The maximum atomic E-state index is 3.82. The van der Waals surface area contributed by atoms with Gasteiger partial charge in [-0.15, -0.1) is 0 Å². The van der Waals surface area contributed by atoms with E-state index in [4.69, 9.17) is 0 Å². The van der Waals surface area contributed by atoms with Crippen molar-refractivity contribution in [3.63, 3.8) is 0 Å². The highest BCUT2D eigenvalue weighted by Crippen LogP contribution is 2.00. The van der Waals surface area contributed by atoms with Crippen LogP contribution in [-0.2, 0) is 6.54 Å². The largest absolute Gasteiger partial charge is 1.00 e. The molecule has 0 spiro atoms. The van der Waals surface area contributed by atoms with Gasteiger partial charge in [0.15, 0.2) is 6.20 Å². The molecule has 1 nitrogen and oxygen atoms in total. The average Bonchev–Trinajstić information content (AvgIpc) is 2.25. The van der Waals surface area contributed by atoms with E-state index in [0.717, 1.165) is 6.54 Å². The molecule has 0 saturated carbocycles. The van der Waals surface area contributed by atoms with Crippen molar-refractivity contribution < 1.29 is 17.0 Å². The zero-order valence-electron chi connectivity index (χ0n) is 9.45. The Balaban J connectivity index is 0.00000196. The molecule has 0 bridgehead atoms.